The third kappa shape index (κ3) is 6.35. The molecule has 1 aromatic carbocycles. The summed E-state index contributed by atoms with van der Waals surface area (Å²) in [6.45, 7) is 4.15. The van der Waals surface area contributed by atoms with Gasteiger partial charge in [0.1, 0.15) is 5.75 Å². The van der Waals surface area contributed by atoms with Gasteiger partial charge < -0.3 is 10.1 Å². The molecule has 1 unspecified atom stereocenters. The number of halogens is 3. The molecular weight excluding hydrogens is 385 g/mol. The lowest BCUT2D eigenvalue weighted by Gasteiger charge is -2.13. The van der Waals surface area contributed by atoms with Crippen molar-refractivity contribution in [1.29, 1.82) is 0 Å². The van der Waals surface area contributed by atoms with Gasteiger partial charge in [0.05, 0.1) is 5.25 Å². The molecule has 2 N–H and O–H groups in total. The minimum Gasteiger partial charge on any atom is -0.406 e. The first-order chi connectivity index (χ1) is 12.7. The number of anilines is 1. The highest BCUT2D eigenvalue weighted by molar-refractivity contribution is 8.00. The first kappa shape index (κ1) is 20.9. The summed E-state index contributed by atoms with van der Waals surface area (Å²) in [4.78, 5) is 24.1. The van der Waals surface area contributed by atoms with Crippen molar-refractivity contribution in [1.82, 2.24) is 14.8 Å². The molecule has 0 aliphatic rings. The zero-order valence-corrected chi connectivity index (χ0v) is 15.5. The van der Waals surface area contributed by atoms with E-state index in [-0.39, 0.29) is 17.3 Å². The number of benzene rings is 1. The second kappa shape index (κ2) is 8.98. The summed E-state index contributed by atoms with van der Waals surface area (Å²) >= 11 is 1.11. The van der Waals surface area contributed by atoms with E-state index in [9.17, 15) is 22.8 Å². The number of hydrogen-bond donors (Lipinski definition) is 2. The van der Waals surface area contributed by atoms with Crippen LogP contribution in [-0.2, 0) is 11.3 Å². The normalized spacial score (nSPS) is 12.6. The zero-order chi connectivity index (χ0) is 20.0. The number of ether oxygens (including phenoxy) is 1. The van der Waals surface area contributed by atoms with Gasteiger partial charge in [-0.15, -0.1) is 18.3 Å². The highest BCUT2D eigenvalue weighted by atomic mass is 32.2. The number of amides is 1. The van der Waals surface area contributed by atoms with E-state index in [2.05, 4.69) is 20.3 Å². The fraction of sp³-hybridized carbons (Fsp3) is 0.438. The van der Waals surface area contributed by atoms with Gasteiger partial charge in [-0.2, -0.15) is 0 Å². The third-order valence-corrected chi connectivity index (χ3v) is 4.56. The van der Waals surface area contributed by atoms with Gasteiger partial charge >= 0.3 is 12.1 Å². The average Bonchev–Trinajstić information content (AvgIpc) is 2.93. The number of nitrogens with zero attached hydrogens (tertiary/aromatic N) is 2. The Balaban J connectivity index is 1.97. The van der Waals surface area contributed by atoms with Crippen LogP contribution in [0.5, 0.6) is 5.75 Å². The summed E-state index contributed by atoms with van der Waals surface area (Å²) in [7, 11) is 0. The quantitative estimate of drug-likeness (QED) is 0.659. The lowest BCUT2D eigenvalue weighted by atomic mass is 10.3. The molecule has 2 rings (SSSR count). The van der Waals surface area contributed by atoms with Gasteiger partial charge in [-0.25, -0.2) is 9.89 Å². The Hall–Kier alpha value is -2.43. The molecule has 11 heteroatoms. The van der Waals surface area contributed by atoms with Crippen molar-refractivity contribution >= 4 is 23.4 Å². The molecule has 0 saturated carbocycles. The predicted molar refractivity (Wildman–Crippen MR) is 94.8 cm³/mol. The van der Waals surface area contributed by atoms with Crippen LogP contribution >= 0.6 is 11.8 Å². The standard InChI is InChI=1S/C16H19F3N4O3S/c1-3-4-9-23-14(25)21-22-15(23)27-10(2)13(24)20-11-5-7-12(8-6-11)26-16(17,18)19/h5-8,10H,3-4,9H2,1-2H3,(H,20,24)(H,21,25). The SMILES string of the molecule is CCCCn1c(SC(C)C(=O)Nc2ccc(OC(F)(F)F)cc2)n[nH]c1=O. The van der Waals surface area contributed by atoms with Crippen LogP contribution in [0, 0.1) is 0 Å². The number of nitrogens with one attached hydrogen (secondary N) is 2. The number of aromatic amines is 1. The largest absolute Gasteiger partial charge is 0.573 e. The number of aromatic nitrogens is 3. The molecule has 1 aromatic heterocycles. The van der Waals surface area contributed by atoms with Gasteiger partial charge in [-0.1, -0.05) is 25.1 Å². The number of carbonyl (C=O) groups excluding carboxylic acids is 1. The molecular formula is C16H19F3N4O3S. The van der Waals surface area contributed by atoms with Crippen molar-refractivity contribution in [2.24, 2.45) is 0 Å². The Morgan fingerprint density at radius 3 is 2.63 bits per heavy atom. The summed E-state index contributed by atoms with van der Waals surface area (Å²) in [5, 5.41) is 8.72. The Labute approximate surface area is 157 Å². The summed E-state index contributed by atoms with van der Waals surface area (Å²) in [6, 6.07) is 4.83. The number of H-pyrrole nitrogens is 1. The Morgan fingerprint density at radius 2 is 2.04 bits per heavy atom. The third-order valence-electron chi connectivity index (χ3n) is 3.47. The van der Waals surface area contributed by atoms with Crippen molar-refractivity contribution < 1.29 is 22.7 Å². The number of hydrogen-bond acceptors (Lipinski definition) is 5. The van der Waals surface area contributed by atoms with E-state index in [0.29, 0.717) is 17.4 Å². The summed E-state index contributed by atoms with van der Waals surface area (Å²) < 4.78 is 41.7. The summed E-state index contributed by atoms with van der Waals surface area (Å²) in [5.41, 5.74) is -0.00816. The molecule has 0 fully saturated rings. The van der Waals surface area contributed by atoms with Crippen molar-refractivity contribution in [3.63, 3.8) is 0 Å². The van der Waals surface area contributed by atoms with Crippen LogP contribution in [0.15, 0.2) is 34.2 Å². The minimum atomic E-state index is -4.77. The van der Waals surface area contributed by atoms with E-state index < -0.39 is 11.6 Å². The molecule has 27 heavy (non-hydrogen) atoms. The molecule has 0 saturated heterocycles. The maximum absolute atomic E-state index is 12.3. The zero-order valence-electron chi connectivity index (χ0n) is 14.7. The predicted octanol–water partition coefficient (Wildman–Crippen LogP) is 3.39. The second-order valence-electron chi connectivity index (χ2n) is 5.64. The highest BCUT2D eigenvalue weighted by Gasteiger charge is 2.31. The molecule has 1 heterocycles. The van der Waals surface area contributed by atoms with Gasteiger partial charge in [-0.3, -0.25) is 9.36 Å². The molecule has 1 amide bonds. The average molecular weight is 404 g/mol. The Bertz CT molecular complexity index is 818. The van der Waals surface area contributed by atoms with Gasteiger partial charge in [0, 0.05) is 12.2 Å². The van der Waals surface area contributed by atoms with Crippen molar-refractivity contribution in [3.8, 4) is 5.75 Å². The fourth-order valence-corrected chi connectivity index (χ4v) is 2.98. The number of carbonyl (C=O) groups is 1. The molecule has 2 aromatic rings. The molecule has 0 radical (unpaired) electrons. The Morgan fingerprint density at radius 1 is 1.37 bits per heavy atom. The number of unbranched alkanes of at least 4 members (excludes halogenated alkanes) is 1. The van der Waals surface area contributed by atoms with Crippen molar-refractivity contribution in [3.05, 3.63) is 34.7 Å². The van der Waals surface area contributed by atoms with Crippen LogP contribution in [-0.4, -0.2) is 32.3 Å². The molecule has 1 atom stereocenters. The first-order valence-electron chi connectivity index (χ1n) is 8.18. The van der Waals surface area contributed by atoms with Crippen LogP contribution in [0.25, 0.3) is 0 Å². The first-order valence-corrected chi connectivity index (χ1v) is 9.06. The van der Waals surface area contributed by atoms with Crippen LogP contribution < -0.4 is 15.7 Å². The van der Waals surface area contributed by atoms with E-state index in [0.717, 1.165) is 36.7 Å². The summed E-state index contributed by atoms with van der Waals surface area (Å²) in [6.07, 6.45) is -3.06. The number of alkyl halides is 3. The Kier molecular flexibility index (Phi) is 6.94. The molecule has 0 aliphatic carbocycles. The molecule has 148 valence electrons. The molecule has 0 bridgehead atoms. The van der Waals surface area contributed by atoms with E-state index in [1.54, 1.807) is 6.92 Å². The smallest absolute Gasteiger partial charge is 0.406 e. The van der Waals surface area contributed by atoms with Crippen LogP contribution in [0.3, 0.4) is 0 Å². The monoisotopic (exact) mass is 404 g/mol. The second-order valence-corrected chi connectivity index (χ2v) is 6.95. The highest BCUT2D eigenvalue weighted by Crippen LogP contribution is 2.25. The molecule has 0 aliphatic heterocycles. The van der Waals surface area contributed by atoms with Crippen molar-refractivity contribution in [2.45, 2.75) is 50.0 Å². The van der Waals surface area contributed by atoms with E-state index in [1.165, 1.54) is 16.7 Å². The fourth-order valence-electron chi connectivity index (χ4n) is 2.10. The molecule has 7 nitrogen and oxygen atoms in total. The van der Waals surface area contributed by atoms with Crippen LogP contribution in [0.4, 0.5) is 18.9 Å². The maximum atomic E-state index is 12.3. The number of rotatable bonds is 8. The van der Waals surface area contributed by atoms with Crippen molar-refractivity contribution in [2.75, 3.05) is 5.32 Å². The van der Waals surface area contributed by atoms with Crippen LogP contribution in [0.1, 0.15) is 26.7 Å². The summed E-state index contributed by atoms with van der Waals surface area (Å²) in [5.74, 6) is -0.749. The lowest BCUT2D eigenvalue weighted by Crippen LogP contribution is -2.24. The maximum Gasteiger partial charge on any atom is 0.573 e. The minimum absolute atomic E-state index is 0.326. The van der Waals surface area contributed by atoms with Crippen LogP contribution in [0.2, 0.25) is 0 Å². The van der Waals surface area contributed by atoms with Gasteiger partial charge in [0.2, 0.25) is 5.91 Å². The lowest BCUT2D eigenvalue weighted by molar-refractivity contribution is -0.274. The van der Waals surface area contributed by atoms with Gasteiger partial charge in [0.15, 0.2) is 5.16 Å². The number of thioether (sulfide) groups is 1. The van der Waals surface area contributed by atoms with E-state index >= 15 is 0 Å². The van der Waals surface area contributed by atoms with E-state index in [4.69, 9.17) is 0 Å². The molecule has 0 spiro atoms. The topological polar surface area (TPSA) is 89.0 Å². The van der Waals surface area contributed by atoms with Gasteiger partial charge in [-0.05, 0) is 37.6 Å². The van der Waals surface area contributed by atoms with Gasteiger partial charge in [0.25, 0.3) is 0 Å². The van der Waals surface area contributed by atoms with E-state index in [1.807, 2.05) is 6.92 Å².